The van der Waals surface area contributed by atoms with Gasteiger partial charge in [-0.2, -0.15) is 9.63 Å². The van der Waals surface area contributed by atoms with E-state index in [0.717, 1.165) is 30.5 Å². The fraction of sp³-hybridized carbons (Fsp3) is 0.250. The lowest BCUT2D eigenvalue weighted by molar-refractivity contribution is 0.174. The molecule has 25 heavy (non-hydrogen) atoms. The largest absolute Gasteiger partial charge is 0.454 e. The summed E-state index contributed by atoms with van der Waals surface area (Å²) in [6, 6.07) is 5.26. The Morgan fingerprint density at radius 3 is 3.00 bits per heavy atom. The summed E-state index contributed by atoms with van der Waals surface area (Å²) in [6.07, 6.45) is 2.48. The number of rotatable bonds is 2. The van der Waals surface area contributed by atoms with Crippen LogP contribution in [0.1, 0.15) is 17.7 Å². The lowest BCUT2D eigenvalue weighted by atomic mass is 10.2. The monoisotopic (exact) mass is 338 g/mol. The topological polar surface area (TPSA) is 119 Å². The van der Waals surface area contributed by atoms with E-state index in [4.69, 9.17) is 15.2 Å². The summed E-state index contributed by atoms with van der Waals surface area (Å²) in [6.45, 7) is 0.198. The summed E-state index contributed by atoms with van der Waals surface area (Å²) in [5, 5.41) is 11.2. The highest BCUT2D eigenvalue weighted by molar-refractivity contribution is 5.75. The van der Waals surface area contributed by atoms with Gasteiger partial charge in [-0.3, -0.25) is 9.89 Å². The number of hydrogen-bond acceptors (Lipinski definition) is 7. The first-order chi connectivity index (χ1) is 12.2. The molecule has 0 radical (unpaired) electrons. The van der Waals surface area contributed by atoms with E-state index < -0.39 is 0 Å². The molecule has 0 saturated heterocycles. The van der Waals surface area contributed by atoms with Gasteiger partial charge in [0.05, 0.1) is 11.4 Å². The number of aromatic amines is 1. The molecule has 0 amide bonds. The van der Waals surface area contributed by atoms with Gasteiger partial charge in [-0.25, -0.2) is 4.98 Å². The van der Waals surface area contributed by atoms with Crippen LogP contribution in [-0.4, -0.2) is 21.4 Å². The van der Waals surface area contributed by atoms with E-state index in [1.54, 1.807) is 18.2 Å². The molecule has 3 N–H and O–H groups in total. The van der Waals surface area contributed by atoms with E-state index in [-0.39, 0.29) is 18.2 Å². The molecule has 1 aliphatic carbocycles. The third-order valence-corrected chi connectivity index (χ3v) is 4.42. The second-order valence-electron chi connectivity index (χ2n) is 5.97. The Balaban J connectivity index is 1.60. The quantitative estimate of drug-likeness (QED) is 0.694. The molecule has 0 spiro atoms. The van der Waals surface area contributed by atoms with Gasteiger partial charge in [-0.1, -0.05) is 0 Å². The summed E-state index contributed by atoms with van der Waals surface area (Å²) in [4.78, 5) is 17.1. The highest BCUT2D eigenvalue weighted by Gasteiger charge is 2.22. The Kier molecular flexibility index (Phi) is 2.84. The highest BCUT2D eigenvalue weighted by Crippen LogP contribution is 2.36. The van der Waals surface area contributed by atoms with Crippen molar-refractivity contribution in [2.24, 2.45) is 10.2 Å². The first-order valence-electron chi connectivity index (χ1n) is 7.94. The van der Waals surface area contributed by atoms with E-state index in [9.17, 15) is 4.79 Å². The predicted molar refractivity (Wildman–Crippen MR) is 89.0 cm³/mol. The summed E-state index contributed by atoms with van der Waals surface area (Å²) in [5.41, 5.74) is 8.77. The number of aryl methyl sites for hydroxylation is 1. The number of aromatic nitrogens is 3. The van der Waals surface area contributed by atoms with Crippen LogP contribution in [-0.2, 0) is 12.8 Å². The molecule has 0 saturated carbocycles. The minimum Gasteiger partial charge on any atom is -0.454 e. The molecule has 0 unspecified atom stereocenters. The van der Waals surface area contributed by atoms with Crippen molar-refractivity contribution < 1.29 is 9.47 Å². The lowest BCUT2D eigenvalue weighted by Crippen LogP contribution is -2.20. The van der Waals surface area contributed by atoms with Crippen molar-refractivity contribution in [2.45, 2.75) is 19.3 Å². The number of nitrogens with two attached hydrogens (primary N) is 1. The fourth-order valence-corrected chi connectivity index (χ4v) is 3.20. The van der Waals surface area contributed by atoms with Gasteiger partial charge >= 0.3 is 0 Å². The number of nitrogens with zero attached hydrogens (tertiary/aromatic N) is 4. The number of nitrogens with one attached hydrogen (secondary N) is 1. The van der Waals surface area contributed by atoms with Crippen LogP contribution in [0, 0.1) is 0 Å². The van der Waals surface area contributed by atoms with E-state index in [0.29, 0.717) is 28.5 Å². The van der Waals surface area contributed by atoms with Gasteiger partial charge < -0.3 is 15.2 Å². The summed E-state index contributed by atoms with van der Waals surface area (Å²) >= 11 is 0. The van der Waals surface area contributed by atoms with Crippen molar-refractivity contribution in [3.63, 3.8) is 0 Å². The van der Waals surface area contributed by atoms with Crippen molar-refractivity contribution in [3.05, 3.63) is 39.8 Å². The van der Waals surface area contributed by atoms with E-state index in [1.807, 2.05) is 0 Å². The van der Waals surface area contributed by atoms with Crippen LogP contribution in [0.4, 0.5) is 17.2 Å². The Morgan fingerprint density at radius 2 is 2.08 bits per heavy atom. The van der Waals surface area contributed by atoms with Crippen LogP contribution < -0.4 is 20.8 Å². The highest BCUT2D eigenvalue weighted by atomic mass is 16.7. The molecular formula is C16H14N6O3. The van der Waals surface area contributed by atoms with Crippen LogP contribution in [0.25, 0.3) is 5.65 Å². The van der Waals surface area contributed by atoms with Crippen LogP contribution in [0.2, 0.25) is 0 Å². The zero-order valence-corrected chi connectivity index (χ0v) is 13.2. The molecule has 9 heteroatoms. The molecule has 3 heterocycles. The summed E-state index contributed by atoms with van der Waals surface area (Å²) in [7, 11) is 0. The smallest absolute Gasteiger partial charge is 0.276 e. The molecule has 0 fully saturated rings. The van der Waals surface area contributed by atoms with Crippen LogP contribution in [0.3, 0.4) is 0 Å². The van der Waals surface area contributed by atoms with Gasteiger partial charge in [-0.05, 0) is 31.4 Å². The third-order valence-electron chi connectivity index (χ3n) is 4.42. The molecule has 1 aromatic carbocycles. The maximum Gasteiger partial charge on any atom is 0.276 e. The Morgan fingerprint density at radius 1 is 1.20 bits per heavy atom. The maximum absolute atomic E-state index is 12.5. The van der Waals surface area contributed by atoms with Gasteiger partial charge in [-0.15, -0.1) is 5.11 Å². The fourth-order valence-electron chi connectivity index (χ4n) is 3.20. The Bertz CT molecular complexity index is 1100. The Hall–Kier alpha value is -3.36. The zero-order valence-electron chi connectivity index (χ0n) is 13.2. The second kappa shape index (κ2) is 5.07. The number of hydrogen-bond donors (Lipinski definition) is 2. The van der Waals surface area contributed by atoms with Crippen molar-refractivity contribution >= 4 is 22.8 Å². The van der Waals surface area contributed by atoms with Crippen LogP contribution in [0.5, 0.6) is 11.5 Å². The van der Waals surface area contributed by atoms with Crippen LogP contribution >= 0.6 is 0 Å². The SMILES string of the molecule is Nc1[nH]n2c(=O)c3c(nc2c1N=Nc1ccc2c(c1)OCO2)CCC3. The van der Waals surface area contributed by atoms with E-state index in [2.05, 4.69) is 20.3 Å². The minimum atomic E-state index is -0.117. The van der Waals surface area contributed by atoms with Gasteiger partial charge in [0.1, 0.15) is 5.82 Å². The molecule has 0 atom stereocenters. The number of ether oxygens (including phenoxy) is 2. The molecule has 0 bridgehead atoms. The molecular weight excluding hydrogens is 324 g/mol. The molecule has 1 aliphatic heterocycles. The minimum absolute atomic E-state index is 0.117. The summed E-state index contributed by atoms with van der Waals surface area (Å²) in [5.74, 6) is 1.54. The van der Waals surface area contributed by atoms with Crippen molar-refractivity contribution in [1.82, 2.24) is 14.6 Å². The van der Waals surface area contributed by atoms with E-state index >= 15 is 0 Å². The van der Waals surface area contributed by atoms with Gasteiger partial charge in [0.15, 0.2) is 22.8 Å². The predicted octanol–water partition coefficient (Wildman–Crippen LogP) is 2.24. The number of H-pyrrole nitrogens is 1. The number of azo groups is 1. The number of benzene rings is 1. The molecule has 126 valence electrons. The lowest BCUT2D eigenvalue weighted by Gasteiger charge is -1.99. The van der Waals surface area contributed by atoms with Crippen LogP contribution in [0.15, 0.2) is 33.2 Å². The zero-order chi connectivity index (χ0) is 17.0. The Labute approximate surface area is 141 Å². The van der Waals surface area contributed by atoms with E-state index in [1.165, 1.54) is 4.52 Å². The van der Waals surface area contributed by atoms with Crippen molar-refractivity contribution in [2.75, 3.05) is 12.5 Å². The number of anilines is 1. The molecule has 2 aromatic heterocycles. The molecule has 9 nitrogen and oxygen atoms in total. The number of nitrogen functional groups attached to an aromatic ring is 1. The second-order valence-corrected chi connectivity index (χ2v) is 5.97. The summed E-state index contributed by atoms with van der Waals surface area (Å²) < 4.78 is 11.9. The first kappa shape index (κ1) is 14.0. The molecule has 2 aliphatic rings. The first-order valence-corrected chi connectivity index (χ1v) is 7.94. The van der Waals surface area contributed by atoms with Gasteiger partial charge in [0.2, 0.25) is 6.79 Å². The average Bonchev–Trinajstić information content (AvgIpc) is 3.31. The van der Waals surface area contributed by atoms with Crippen molar-refractivity contribution in [3.8, 4) is 11.5 Å². The molecule has 3 aromatic rings. The average molecular weight is 338 g/mol. The normalized spacial score (nSPS) is 15.4. The van der Waals surface area contributed by atoms with Gasteiger partial charge in [0, 0.05) is 11.6 Å². The third kappa shape index (κ3) is 2.09. The maximum atomic E-state index is 12.5. The number of fused-ring (bicyclic) bond motifs is 3. The molecule has 5 rings (SSSR count). The van der Waals surface area contributed by atoms with Gasteiger partial charge in [0.25, 0.3) is 5.56 Å². The standard InChI is InChI=1S/C16H14N6O3/c17-14-13(20-19-8-4-5-11-12(6-8)25-7-24-11)15-18-10-3-1-2-9(10)16(23)22(15)21-14/h4-6,21H,1-3,7,17H2. The van der Waals surface area contributed by atoms with Crippen molar-refractivity contribution in [1.29, 1.82) is 0 Å².